The van der Waals surface area contributed by atoms with Crippen molar-refractivity contribution in [2.45, 2.75) is 31.8 Å². The van der Waals surface area contributed by atoms with Crippen LogP contribution in [0.4, 0.5) is 4.79 Å². The Hall–Kier alpha value is -3.39. The Morgan fingerprint density at radius 2 is 1.73 bits per heavy atom. The number of urea groups is 1. The normalized spacial score (nSPS) is 19.2. The fraction of sp³-hybridized carbons (Fsp3) is 0.238. The van der Waals surface area contributed by atoms with E-state index in [1.165, 1.54) is 6.92 Å². The van der Waals surface area contributed by atoms with Crippen molar-refractivity contribution in [3.8, 4) is 0 Å². The van der Waals surface area contributed by atoms with E-state index < -0.39 is 29.4 Å². The highest BCUT2D eigenvalue weighted by Crippen LogP contribution is 2.28. The van der Waals surface area contributed by atoms with Crippen molar-refractivity contribution in [3.05, 3.63) is 70.7 Å². The Kier molecular flexibility index (Phi) is 6.07. The summed E-state index contributed by atoms with van der Waals surface area (Å²) in [5.41, 5.74) is 2.31. The minimum atomic E-state index is -1.29. The molecule has 2 aromatic carbocycles. The highest BCUT2D eigenvalue weighted by molar-refractivity contribution is 6.30. The minimum absolute atomic E-state index is 0.180. The van der Waals surface area contributed by atoms with E-state index >= 15 is 0 Å². The van der Waals surface area contributed by atoms with E-state index in [9.17, 15) is 19.2 Å². The molecule has 0 saturated carbocycles. The molecule has 1 heterocycles. The summed E-state index contributed by atoms with van der Waals surface area (Å²) >= 11 is 5.90. The summed E-state index contributed by atoms with van der Waals surface area (Å²) < 4.78 is 0. The predicted molar refractivity (Wildman–Crippen MR) is 110 cm³/mol. The van der Waals surface area contributed by atoms with E-state index in [4.69, 9.17) is 11.6 Å². The van der Waals surface area contributed by atoms with Gasteiger partial charge in [-0.15, -0.1) is 0 Å². The van der Waals surface area contributed by atoms with Crippen molar-refractivity contribution >= 4 is 35.4 Å². The van der Waals surface area contributed by atoms with E-state index in [1.54, 1.807) is 61.5 Å². The maximum Gasteiger partial charge on any atom is 0.344 e. The fourth-order valence-electron chi connectivity index (χ4n) is 3.26. The van der Waals surface area contributed by atoms with Gasteiger partial charge in [0.25, 0.3) is 5.91 Å². The lowest BCUT2D eigenvalue weighted by Crippen LogP contribution is -2.48. The number of benzene rings is 2. The average Bonchev–Trinajstić information content (AvgIpc) is 2.92. The number of hydrogen-bond acceptors (Lipinski definition) is 4. The van der Waals surface area contributed by atoms with Crippen LogP contribution in [0.2, 0.25) is 5.02 Å². The van der Waals surface area contributed by atoms with Crippen LogP contribution in [-0.4, -0.2) is 28.8 Å². The van der Waals surface area contributed by atoms with Crippen LogP contribution in [0, 0.1) is 0 Å². The van der Waals surface area contributed by atoms with Gasteiger partial charge in [-0.25, -0.2) is 4.79 Å². The van der Waals surface area contributed by atoms with Gasteiger partial charge in [0.2, 0.25) is 11.8 Å². The number of nitrogens with zero attached hydrogens (tertiary/aromatic N) is 1. The van der Waals surface area contributed by atoms with Crippen molar-refractivity contribution in [1.29, 1.82) is 0 Å². The summed E-state index contributed by atoms with van der Waals surface area (Å²) in [6.07, 6.45) is -0.180. The smallest absolute Gasteiger partial charge is 0.344 e. The molecule has 8 nitrogen and oxygen atoms in total. The largest absolute Gasteiger partial charge is 0.349 e. The molecule has 3 rings (SSSR count). The van der Waals surface area contributed by atoms with Gasteiger partial charge in [-0.3, -0.25) is 19.8 Å². The first-order valence-corrected chi connectivity index (χ1v) is 9.63. The first kappa shape index (κ1) is 21.3. The van der Waals surface area contributed by atoms with Gasteiger partial charge in [0.1, 0.15) is 5.54 Å². The second-order valence-electron chi connectivity index (χ2n) is 7.11. The van der Waals surface area contributed by atoms with Crippen LogP contribution in [-0.2, 0) is 19.9 Å². The molecule has 1 aliphatic heterocycles. The number of nitrogens with one attached hydrogen (secondary N) is 3. The Balaban J connectivity index is 1.74. The highest BCUT2D eigenvalue weighted by atomic mass is 35.5. The summed E-state index contributed by atoms with van der Waals surface area (Å²) in [6, 6.07) is 14.0. The van der Waals surface area contributed by atoms with Gasteiger partial charge in [-0.05, 0) is 30.2 Å². The van der Waals surface area contributed by atoms with Gasteiger partial charge in [0, 0.05) is 11.9 Å². The van der Waals surface area contributed by atoms with Crippen LogP contribution in [0.25, 0.3) is 0 Å². The quantitative estimate of drug-likeness (QED) is 0.614. The van der Waals surface area contributed by atoms with Crippen LogP contribution in [0.5, 0.6) is 0 Å². The third kappa shape index (κ3) is 4.44. The van der Waals surface area contributed by atoms with Crippen LogP contribution < -0.4 is 16.1 Å². The summed E-state index contributed by atoms with van der Waals surface area (Å²) in [5.74, 6) is -1.53. The monoisotopic (exact) mass is 428 g/mol. The molecular formula is C21H21ClN4O4. The predicted octanol–water partition coefficient (Wildman–Crippen LogP) is 2.41. The van der Waals surface area contributed by atoms with E-state index in [-0.39, 0.29) is 12.3 Å². The lowest BCUT2D eigenvalue weighted by Gasteiger charge is -2.23. The van der Waals surface area contributed by atoms with Crippen LogP contribution in [0.3, 0.4) is 0 Å². The molecule has 2 atom stereocenters. The lowest BCUT2D eigenvalue weighted by molar-refractivity contribution is -0.139. The maximum atomic E-state index is 12.9. The van der Waals surface area contributed by atoms with Crippen molar-refractivity contribution in [2.75, 3.05) is 0 Å². The SMILES string of the molecule is CC(=O)N[C@@H](CC(=O)NN1C(=O)N[C@@](C)(c2ccccc2)C1=O)c1ccc(Cl)cc1. The second-order valence-corrected chi connectivity index (χ2v) is 7.54. The average molecular weight is 429 g/mol. The third-order valence-electron chi connectivity index (χ3n) is 4.82. The Morgan fingerprint density at radius 1 is 1.10 bits per heavy atom. The van der Waals surface area contributed by atoms with Crippen molar-refractivity contribution in [1.82, 2.24) is 21.1 Å². The topological polar surface area (TPSA) is 108 Å². The minimum Gasteiger partial charge on any atom is -0.349 e. The lowest BCUT2D eigenvalue weighted by atomic mass is 9.92. The molecule has 156 valence electrons. The third-order valence-corrected chi connectivity index (χ3v) is 5.07. The van der Waals surface area contributed by atoms with Gasteiger partial charge in [0.15, 0.2) is 0 Å². The van der Waals surface area contributed by atoms with Gasteiger partial charge in [-0.1, -0.05) is 54.1 Å². The molecule has 5 amide bonds. The van der Waals surface area contributed by atoms with Gasteiger partial charge < -0.3 is 10.6 Å². The second kappa shape index (κ2) is 8.54. The first-order chi connectivity index (χ1) is 14.2. The Morgan fingerprint density at radius 3 is 2.33 bits per heavy atom. The number of carbonyl (C=O) groups excluding carboxylic acids is 4. The molecule has 0 radical (unpaired) electrons. The molecular weight excluding hydrogens is 408 g/mol. The summed E-state index contributed by atoms with van der Waals surface area (Å²) in [6.45, 7) is 2.91. The van der Waals surface area contributed by atoms with E-state index in [0.29, 0.717) is 21.2 Å². The maximum absolute atomic E-state index is 12.9. The van der Waals surface area contributed by atoms with Gasteiger partial charge in [0.05, 0.1) is 12.5 Å². The van der Waals surface area contributed by atoms with E-state index in [2.05, 4.69) is 16.1 Å². The summed E-state index contributed by atoms with van der Waals surface area (Å²) in [7, 11) is 0. The van der Waals surface area contributed by atoms with Crippen molar-refractivity contribution < 1.29 is 19.2 Å². The molecule has 3 N–H and O–H groups in total. The molecule has 0 aromatic heterocycles. The number of carbonyl (C=O) groups is 4. The highest BCUT2D eigenvalue weighted by Gasteiger charge is 2.50. The van der Waals surface area contributed by atoms with Crippen LogP contribution in [0.15, 0.2) is 54.6 Å². The van der Waals surface area contributed by atoms with Crippen molar-refractivity contribution in [3.63, 3.8) is 0 Å². The summed E-state index contributed by atoms with van der Waals surface area (Å²) in [4.78, 5) is 49.4. The van der Waals surface area contributed by atoms with E-state index in [1.807, 2.05) is 0 Å². The zero-order chi connectivity index (χ0) is 21.9. The summed E-state index contributed by atoms with van der Waals surface area (Å²) in [5, 5.41) is 6.49. The molecule has 1 fully saturated rings. The zero-order valence-corrected chi connectivity index (χ0v) is 17.2. The van der Waals surface area contributed by atoms with Gasteiger partial charge in [-0.2, -0.15) is 5.01 Å². The number of halogens is 1. The standard InChI is InChI=1S/C21H21ClN4O4/c1-13(27)23-17(14-8-10-16(22)11-9-14)12-18(28)25-26-19(29)21(2,24-20(26)30)15-6-4-3-5-7-15/h3-11,17H,12H2,1-2H3,(H,23,27)(H,24,30)(H,25,28)/t17-,21-/m0/s1. The number of hydrogen-bond donors (Lipinski definition) is 3. The Bertz CT molecular complexity index is 980. The number of amides is 5. The molecule has 0 aliphatic carbocycles. The molecule has 1 aliphatic rings. The molecule has 30 heavy (non-hydrogen) atoms. The zero-order valence-electron chi connectivity index (χ0n) is 16.4. The fourth-order valence-corrected chi connectivity index (χ4v) is 3.38. The number of rotatable bonds is 6. The van der Waals surface area contributed by atoms with Crippen LogP contribution in [0.1, 0.15) is 37.4 Å². The molecule has 1 saturated heterocycles. The molecule has 0 spiro atoms. The Labute approximate surface area is 178 Å². The van der Waals surface area contributed by atoms with Crippen LogP contribution >= 0.6 is 11.6 Å². The van der Waals surface area contributed by atoms with Crippen molar-refractivity contribution in [2.24, 2.45) is 0 Å². The van der Waals surface area contributed by atoms with E-state index in [0.717, 1.165) is 0 Å². The number of imide groups is 1. The first-order valence-electron chi connectivity index (χ1n) is 9.25. The molecule has 0 unspecified atom stereocenters. The molecule has 2 aromatic rings. The number of hydrazine groups is 1. The molecule has 9 heteroatoms. The molecule has 0 bridgehead atoms. The van der Waals surface area contributed by atoms with Gasteiger partial charge >= 0.3 is 6.03 Å².